The number of rotatable bonds is 2. The second-order valence-electron chi connectivity index (χ2n) is 5.91. The van der Waals surface area contributed by atoms with E-state index in [2.05, 4.69) is 46.5 Å². The van der Waals surface area contributed by atoms with Crippen LogP contribution < -0.4 is 0 Å². The van der Waals surface area contributed by atoms with Crippen LogP contribution >= 0.6 is 0 Å². The zero-order valence-electron chi connectivity index (χ0n) is 13.8. The van der Waals surface area contributed by atoms with Gasteiger partial charge in [-0.25, -0.2) is 9.59 Å². The highest BCUT2D eigenvalue weighted by Crippen LogP contribution is 2.41. The first-order valence-corrected chi connectivity index (χ1v) is 7.96. The van der Waals surface area contributed by atoms with Gasteiger partial charge in [-0.05, 0) is 35.8 Å². The van der Waals surface area contributed by atoms with E-state index in [4.69, 9.17) is 15.2 Å². The lowest BCUT2D eigenvalue weighted by Gasteiger charge is -2.30. The topological polar surface area (TPSA) is 103 Å². The van der Waals surface area contributed by atoms with Crippen LogP contribution in [0.5, 0.6) is 0 Å². The number of nitrogens with zero attached hydrogens (tertiary/aromatic N) is 3. The summed E-state index contributed by atoms with van der Waals surface area (Å²) in [5, 5.41) is 15.6. The molecule has 26 heavy (non-hydrogen) atoms. The van der Waals surface area contributed by atoms with Crippen molar-refractivity contribution >= 4 is 23.9 Å². The van der Waals surface area contributed by atoms with E-state index in [-0.39, 0.29) is 5.54 Å². The highest BCUT2D eigenvalue weighted by Gasteiger charge is 2.41. The van der Waals surface area contributed by atoms with E-state index < -0.39 is 11.9 Å². The molecular formula is C19H17N3O4. The standard InChI is InChI=1S/C15H13N3.C4H4O4/c1-2-9-18-11-15(17-14(18)5-1)7-3-4-12-10-16-8-6-13(12)15;5-3(6)1-2-4(7)8/h1-6,8-10H,7,11H2;1-2H,(H,5,6)(H,7,8)/b;2-1+. The zero-order chi connectivity index (χ0) is 18.6. The third kappa shape index (κ3) is 3.61. The van der Waals surface area contributed by atoms with Crippen molar-refractivity contribution < 1.29 is 19.8 Å². The van der Waals surface area contributed by atoms with E-state index in [1.807, 2.05) is 18.5 Å². The lowest BCUT2D eigenvalue weighted by Crippen LogP contribution is -2.32. The number of aliphatic imine (C=N–C) groups is 1. The van der Waals surface area contributed by atoms with Crippen molar-refractivity contribution in [1.29, 1.82) is 0 Å². The maximum atomic E-state index is 9.55. The maximum absolute atomic E-state index is 9.55. The van der Waals surface area contributed by atoms with E-state index >= 15 is 0 Å². The molecule has 2 N–H and O–H groups in total. The van der Waals surface area contributed by atoms with Crippen molar-refractivity contribution in [2.45, 2.75) is 12.0 Å². The number of aromatic nitrogens is 1. The second kappa shape index (κ2) is 7.18. The summed E-state index contributed by atoms with van der Waals surface area (Å²) in [5.74, 6) is -1.45. The van der Waals surface area contributed by atoms with Gasteiger partial charge < -0.3 is 15.1 Å². The minimum Gasteiger partial charge on any atom is -0.478 e. The summed E-state index contributed by atoms with van der Waals surface area (Å²) in [6.07, 6.45) is 18.5. The van der Waals surface area contributed by atoms with Gasteiger partial charge >= 0.3 is 11.9 Å². The first kappa shape index (κ1) is 17.3. The first-order chi connectivity index (χ1) is 12.5. The van der Waals surface area contributed by atoms with Crippen molar-refractivity contribution in [1.82, 2.24) is 9.88 Å². The Morgan fingerprint density at radius 3 is 2.62 bits per heavy atom. The lowest BCUT2D eigenvalue weighted by atomic mass is 9.81. The number of hydrogen-bond donors (Lipinski definition) is 2. The Kier molecular flexibility index (Phi) is 4.79. The Labute approximate surface area is 150 Å². The number of aliphatic carboxylic acids is 2. The molecule has 0 radical (unpaired) electrons. The van der Waals surface area contributed by atoms with Crippen molar-refractivity contribution in [3.05, 3.63) is 72.2 Å². The molecule has 1 aromatic rings. The van der Waals surface area contributed by atoms with Gasteiger partial charge in [0.15, 0.2) is 0 Å². The minimum atomic E-state index is -1.26. The normalized spacial score (nSPS) is 21.8. The molecule has 3 aliphatic rings. The molecule has 1 aliphatic carbocycles. The predicted molar refractivity (Wildman–Crippen MR) is 96.4 cm³/mol. The van der Waals surface area contributed by atoms with Crippen molar-refractivity contribution in [3.8, 4) is 0 Å². The molecule has 0 amide bonds. The molecule has 3 heterocycles. The van der Waals surface area contributed by atoms with Crippen molar-refractivity contribution in [2.75, 3.05) is 6.54 Å². The highest BCUT2D eigenvalue weighted by atomic mass is 16.4. The fraction of sp³-hybridized carbons (Fsp3) is 0.158. The number of hydrogen-bond acceptors (Lipinski definition) is 5. The maximum Gasteiger partial charge on any atom is 0.328 e. The Hall–Kier alpha value is -3.48. The zero-order valence-corrected chi connectivity index (χ0v) is 13.8. The first-order valence-electron chi connectivity index (χ1n) is 7.96. The second-order valence-corrected chi connectivity index (χ2v) is 5.91. The summed E-state index contributed by atoms with van der Waals surface area (Å²) in [6, 6.07) is 2.11. The largest absolute Gasteiger partial charge is 0.478 e. The predicted octanol–water partition coefficient (Wildman–Crippen LogP) is 2.20. The Morgan fingerprint density at radius 1 is 1.15 bits per heavy atom. The molecule has 0 bridgehead atoms. The van der Waals surface area contributed by atoms with Crippen LogP contribution in [-0.4, -0.2) is 44.4 Å². The summed E-state index contributed by atoms with van der Waals surface area (Å²) < 4.78 is 0. The average Bonchev–Trinajstić information content (AvgIpc) is 2.99. The van der Waals surface area contributed by atoms with E-state index in [1.165, 1.54) is 11.1 Å². The van der Waals surface area contributed by atoms with Crippen LogP contribution in [0.3, 0.4) is 0 Å². The smallest absolute Gasteiger partial charge is 0.328 e. The number of allylic oxidation sites excluding steroid dienone is 2. The number of carboxylic acid groups (broad SMARTS) is 2. The fourth-order valence-electron chi connectivity index (χ4n) is 3.09. The van der Waals surface area contributed by atoms with Gasteiger partial charge in [0.25, 0.3) is 0 Å². The van der Waals surface area contributed by atoms with Gasteiger partial charge in [0.05, 0.1) is 6.54 Å². The van der Waals surface area contributed by atoms with Gasteiger partial charge in [-0.1, -0.05) is 18.2 Å². The number of carbonyl (C=O) groups is 2. The van der Waals surface area contributed by atoms with Gasteiger partial charge in [-0.3, -0.25) is 9.98 Å². The number of amidine groups is 1. The highest BCUT2D eigenvalue weighted by molar-refractivity contribution is 5.97. The molecular weight excluding hydrogens is 334 g/mol. The Bertz CT molecular complexity index is 867. The quantitative estimate of drug-likeness (QED) is 0.792. The third-order valence-corrected chi connectivity index (χ3v) is 4.15. The SMILES string of the molecule is C1=CC2=NC3(CC=Cc4cnccc43)CN2C=C1.O=C(O)/C=C/C(=O)O. The molecule has 1 atom stereocenters. The molecule has 1 aromatic heterocycles. The fourth-order valence-corrected chi connectivity index (χ4v) is 3.09. The van der Waals surface area contributed by atoms with Crippen LogP contribution in [0.4, 0.5) is 0 Å². The molecule has 2 aliphatic heterocycles. The average molecular weight is 351 g/mol. The van der Waals surface area contributed by atoms with E-state index in [0.29, 0.717) is 12.2 Å². The third-order valence-electron chi connectivity index (χ3n) is 4.15. The Morgan fingerprint density at radius 2 is 1.92 bits per heavy atom. The molecule has 132 valence electrons. The molecule has 7 nitrogen and oxygen atoms in total. The van der Waals surface area contributed by atoms with Crippen LogP contribution in [-0.2, 0) is 15.1 Å². The number of fused-ring (bicyclic) bond motifs is 3. The van der Waals surface area contributed by atoms with Gasteiger partial charge in [-0.15, -0.1) is 0 Å². The van der Waals surface area contributed by atoms with Gasteiger partial charge in [0.1, 0.15) is 11.4 Å². The molecule has 1 unspecified atom stereocenters. The molecule has 0 aromatic carbocycles. The van der Waals surface area contributed by atoms with Gasteiger partial charge in [0.2, 0.25) is 0 Å². The summed E-state index contributed by atoms with van der Waals surface area (Å²) in [4.78, 5) is 30.5. The van der Waals surface area contributed by atoms with Crippen LogP contribution in [0.2, 0.25) is 0 Å². The lowest BCUT2D eigenvalue weighted by molar-refractivity contribution is -0.134. The van der Waals surface area contributed by atoms with Crippen molar-refractivity contribution in [2.24, 2.45) is 4.99 Å². The van der Waals surface area contributed by atoms with E-state index in [9.17, 15) is 9.59 Å². The number of carboxylic acids is 2. The molecule has 0 fully saturated rings. The van der Waals surface area contributed by atoms with Crippen molar-refractivity contribution in [3.63, 3.8) is 0 Å². The monoisotopic (exact) mass is 351 g/mol. The summed E-state index contributed by atoms with van der Waals surface area (Å²) in [5.41, 5.74) is 2.37. The molecule has 7 heteroatoms. The molecule has 0 saturated heterocycles. The van der Waals surface area contributed by atoms with E-state index in [1.54, 1.807) is 0 Å². The summed E-state index contributed by atoms with van der Waals surface area (Å²) in [6.45, 7) is 0.921. The molecule has 0 saturated carbocycles. The molecule has 1 spiro atoms. The van der Waals surface area contributed by atoms with Gasteiger partial charge in [0, 0.05) is 30.7 Å². The number of pyridine rings is 1. The summed E-state index contributed by atoms with van der Waals surface area (Å²) >= 11 is 0. The van der Waals surface area contributed by atoms with Crippen LogP contribution in [0, 0.1) is 0 Å². The molecule has 4 rings (SSSR count). The minimum absolute atomic E-state index is 0.124. The Balaban J connectivity index is 0.000000211. The van der Waals surface area contributed by atoms with Crippen LogP contribution in [0.25, 0.3) is 6.08 Å². The van der Waals surface area contributed by atoms with Gasteiger partial charge in [-0.2, -0.15) is 0 Å². The van der Waals surface area contributed by atoms with Crippen LogP contribution in [0.1, 0.15) is 17.5 Å². The van der Waals surface area contributed by atoms with E-state index in [0.717, 1.165) is 18.8 Å². The van der Waals surface area contributed by atoms with Crippen LogP contribution in [0.15, 0.2) is 66.1 Å². The summed E-state index contributed by atoms with van der Waals surface area (Å²) in [7, 11) is 0.